The van der Waals surface area contributed by atoms with Gasteiger partial charge in [0.2, 0.25) is 0 Å². The number of hydrogen-bond donors (Lipinski definition) is 1. The molecule has 1 N–H and O–H groups in total. The Morgan fingerprint density at radius 2 is 1.92 bits per heavy atom. The molecule has 7 nitrogen and oxygen atoms in total. The molecule has 1 aliphatic heterocycles. The first-order valence-corrected chi connectivity index (χ1v) is 8.24. The molecule has 0 aliphatic carbocycles. The second kappa shape index (κ2) is 7.38. The first kappa shape index (κ1) is 17.0. The van der Waals surface area contributed by atoms with Crippen LogP contribution in [0, 0.1) is 13.8 Å². The Hall–Kier alpha value is -2.83. The number of esters is 1. The zero-order valence-electron chi connectivity index (χ0n) is 14.2. The van der Waals surface area contributed by atoms with Crippen molar-refractivity contribution < 1.29 is 23.6 Å². The molecule has 1 aromatic carbocycles. The lowest BCUT2D eigenvalue weighted by Crippen LogP contribution is -2.36. The highest BCUT2D eigenvalue weighted by Gasteiger charge is 2.23. The third-order valence-corrected chi connectivity index (χ3v) is 4.03. The van der Waals surface area contributed by atoms with E-state index in [9.17, 15) is 9.59 Å². The Bertz CT molecular complexity index is 747. The third-order valence-electron chi connectivity index (χ3n) is 4.03. The first-order chi connectivity index (χ1) is 12.0. The summed E-state index contributed by atoms with van der Waals surface area (Å²) in [6, 6.07) is 6.60. The van der Waals surface area contributed by atoms with Gasteiger partial charge < -0.3 is 19.3 Å². The van der Waals surface area contributed by atoms with Crippen molar-refractivity contribution in [2.24, 2.45) is 0 Å². The van der Waals surface area contributed by atoms with Gasteiger partial charge in [-0.15, -0.1) is 0 Å². The zero-order valence-corrected chi connectivity index (χ0v) is 14.2. The predicted octanol–water partition coefficient (Wildman–Crippen LogP) is 2.56. The predicted molar refractivity (Wildman–Crippen MR) is 88.7 cm³/mol. The fourth-order valence-electron chi connectivity index (χ4n) is 2.71. The Morgan fingerprint density at radius 3 is 2.60 bits per heavy atom. The normalized spacial score (nSPS) is 17.5. The van der Waals surface area contributed by atoms with E-state index < -0.39 is 12.1 Å². The quantitative estimate of drug-likeness (QED) is 0.677. The summed E-state index contributed by atoms with van der Waals surface area (Å²) in [5.74, 6) is 0.739. The van der Waals surface area contributed by atoms with Gasteiger partial charge in [0.15, 0.2) is 6.10 Å². The van der Waals surface area contributed by atoms with Crippen molar-refractivity contribution >= 4 is 11.9 Å². The number of carbonyl (C=O) groups is 2. The summed E-state index contributed by atoms with van der Waals surface area (Å²) in [5.41, 5.74) is 0.817. The van der Waals surface area contributed by atoms with E-state index in [4.69, 9.17) is 14.0 Å². The summed E-state index contributed by atoms with van der Waals surface area (Å²) >= 11 is 0. The van der Waals surface area contributed by atoms with Crippen LogP contribution >= 0.6 is 0 Å². The van der Waals surface area contributed by atoms with Crippen LogP contribution in [0.25, 0.3) is 0 Å². The molecule has 0 saturated carbocycles. The lowest BCUT2D eigenvalue weighted by molar-refractivity contribution is -0.127. The molecule has 1 aromatic heterocycles. The minimum Gasteiger partial charge on any atom is -0.481 e. The molecule has 132 valence electrons. The SMILES string of the molecule is Cc1noc(C)c1C(=O)Oc1ccc(OC2CCCCNC2=O)cc1. The Balaban J connectivity index is 1.64. The summed E-state index contributed by atoms with van der Waals surface area (Å²) in [6.07, 6.45) is 2.10. The lowest BCUT2D eigenvalue weighted by Gasteiger charge is -2.16. The number of nitrogens with zero attached hydrogens (tertiary/aromatic N) is 1. The number of aryl methyl sites for hydroxylation is 2. The van der Waals surface area contributed by atoms with E-state index in [-0.39, 0.29) is 5.91 Å². The zero-order chi connectivity index (χ0) is 17.8. The highest BCUT2D eigenvalue weighted by molar-refractivity contribution is 5.93. The van der Waals surface area contributed by atoms with Crippen LogP contribution in [0.1, 0.15) is 41.1 Å². The van der Waals surface area contributed by atoms with Gasteiger partial charge >= 0.3 is 5.97 Å². The first-order valence-electron chi connectivity index (χ1n) is 8.24. The molecule has 2 aromatic rings. The topological polar surface area (TPSA) is 90.7 Å². The number of benzene rings is 1. The van der Waals surface area contributed by atoms with Crippen molar-refractivity contribution in [2.75, 3.05) is 6.54 Å². The van der Waals surface area contributed by atoms with Crippen molar-refractivity contribution in [1.29, 1.82) is 0 Å². The van der Waals surface area contributed by atoms with E-state index in [1.54, 1.807) is 38.1 Å². The van der Waals surface area contributed by atoms with Gasteiger partial charge in [0.25, 0.3) is 5.91 Å². The van der Waals surface area contributed by atoms with Crippen molar-refractivity contribution in [3.05, 3.63) is 41.3 Å². The largest absolute Gasteiger partial charge is 0.481 e. The lowest BCUT2D eigenvalue weighted by atomic mass is 10.2. The van der Waals surface area contributed by atoms with E-state index in [0.717, 1.165) is 12.8 Å². The van der Waals surface area contributed by atoms with Crippen LogP contribution in [-0.2, 0) is 4.79 Å². The van der Waals surface area contributed by atoms with E-state index >= 15 is 0 Å². The molecule has 25 heavy (non-hydrogen) atoms. The van der Waals surface area contributed by atoms with E-state index in [1.165, 1.54) is 0 Å². The van der Waals surface area contributed by atoms with Crippen molar-refractivity contribution in [3.63, 3.8) is 0 Å². The number of amides is 1. The summed E-state index contributed by atoms with van der Waals surface area (Å²) in [7, 11) is 0. The van der Waals surface area contributed by atoms with Crippen LogP contribution in [0.4, 0.5) is 0 Å². The van der Waals surface area contributed by atoms with Crippen LogP contribution in [0.15, 0.2) is 28.8 Å². The maximum absolute atomic E-state index is 12.2. The summed E-state index contributed by atoms with van der Waals surface area (Å²) in [4.78, 5) is 24.1. The molecule has 2 heterocycles. The standard InChI is InChI=1S/C18H20N2O5/c1-11-16(12(2)25-20-11)18(22)24-14-8-6-13(7-9-14)23-15-5-3-4-10-19-17(15)21/h6-9,15H,3-5,10H2,1-2H3,(H,19,21). The molecule has 3 rings (SSSR count). The molecule has 1 unspecified atom stereocenters. The number of nitrogens with one attached hydrogen (secondary N) is 1. The average Bonchev–Trinajstić information content (AvgIpc) is 2.80. The Morgan fingerprint density at radius 1 is 1.20 bits per heavy atom. The highest BCUT2D eigenvalue weighted by Crippen LogP contribution is 2.22. The number of rotatable bonds is 4. The number of carbonyl (C=O) groups excluding carboxylic acids is 2. The van der Waals surface area contributed by atoms with Crippen LogP contribution < -0.4 is 14.8 Å². The van der Waals surface area contributed by atoms with Crippen molar-refractivity contribution in [2.45, 2.75) is 39.2 Å². The van der Waals surface area contributed by atoms with Gasteiger partial charge in [-0.25, -0.2) is 4.79 Å². The molecule has 1 amide bonds. The molecule has 1 saturated heterocycles. The minimum absolute atomic E-state index is 0.0913. The molecule has 0 radical (unpaired) electrons. The van der Waals surface area contributed by atoms with Gasteiger partial charge in [-0.05, 0) is 57.4 Å². The van der Waals surface area contributed by atoms with Gasteiger partial charge in [0.05, 0.1) is 5.69 Å². The fraction of sp³-hybridized carbons (Fsp3) is 0.389. The molecule has 1 atom stereocenters. The number of hydrogen-bond acceptors (Lipinski definition) is 6. The number of aromatic nitrogens is 1. The summed E-state index contributed by atoms with van der Waals surface area (Å²) < 4.78 is 16.0. The Labute approximate surface area is 145 Å². The maximum Gasteiger partial charge on any atom is 0.349 e. The van der Waals surface area contributed by atoms with E-state index in [1.807, 2.05) is 0 Å². The molecule has 1 fully saturated rings. The van der Waals surface area contributed by atoms with Gasteiger partial charge in [-0.2, -0.15) is 0 Å². The molecule has 0 spiro atoms. The minimum atomic E-state index is -0.520. The van der Waals surface area contributed by atoms with Crippen LogP contribution in [0.5, 0.6) is 11.5 Å². The molecule has 7 heteroatoms. The van der Waals surface area contributed by atoms with Crippen molar-refractivity contribution in [1.82, 2.24) is 10.5 Å². The monoisotopic (exact) mass is 344 g/mol. The van der Waals surface area contributed by atoms with E-state index in [2.05, 4.69) is 10.5 Å². The van der Waals surface area contributed by atoms with Crippen LogP contribution in [0.2, 0.25) is 0 Å². The molecule has 1 aliphatic rings. The fourth-order valence-corrected chi connectivity index (χ4v) is 2.71. The van der Waals surface area contributed by atoms with E-state index in [0.29, 0.717) is 41.5 Å². The van der Waals surface area contributed by atoms with Gasteiger partial charge in [-0.1, -0.05) is 5.16 Å². The average molecular weight is 344 g/mol. The Kier molecular flexibility index (Phi) is 5.02. The van der Waals surface area contributed by atoms with Gasteiger partial charge in [0, 0.05) is 6.54 Å². The molecular formula is C18H20N2O5. The third kappa shape index (κ3) is 3.99. The number of ether oxygens (including phenoxy) is 2. The smallest absolute Gasteiger partial charge is 0.349 e. The van der Waals surface area contributed by atoms with Gasteiger partial charge in [0.1, 0.15) is 22.8 Å². The molecule has 0 bridgehead atoms. The molecular weight excluding hydrogens is 324 g/mol. The van der Waals surface area contributed by atoms with Gasteiger partial charge in [-0.3, -0.25) is 4.79 Å². The summed E-state index contributed by atoms with van der Waals surface area (Å²) in [5, 5.41) is 6.57. The van der Waals surface area contributed by atoms with Crippen LogP contribution in [0.3, 0.4) is 0 Å². The van der Waals surface area contributed by atoms with Crippen LogP contribution in [-0.4, -0.2) is 29.7 Å². The second-order valence-electron chi connectivity index (χ2n) is 5.95. The highest BCUT2D eigenvalue weighted by atomic mass is 16.5. The maximum atomic E-state index is 12.2. The second-order valence-corrected chi connectivity index (χ2v) is 5.95. The van der Waals surface area contributed by atoms with Crippen molar-refractivity contribution in [3.8, 4) is 11.5 Å². The summed E-state index contributed by atoms with van der Waals surface area (Å²) in [6.45, 7) is 4.03.